The van der Waals surface area contributed by atoms with E-state index in [4.69, 9.17) is 0 Å². The van der Waals surface area contributed by atoms with Crippen molar-refractivity contribution in [3.05, 3.63) is 16.1 Å². The molecule has 0 spiro atoms. The van der Waals surface area contributed by atoms with Gasteiger partial charge in [-0.3, -0.25) is 0 Å². The maximum Gasteiger partial charge on any atom is 0.0798 e. The quantitative estimate of drug-likeness (QED) is 0.879. The van der Waals surface area contributed by atoms with Crippen molar-refractivity contribution in [2.45, 2.75) is 38.0 Å². The molecule has 1 aliphatic rings. The molecule has 84 valence electrons. The number of aromatic nitrogens is 1. The van der Waals surface area contributed by atoms with Crippen molar-refractivity contribution in [1.29, 1.82) is 0 Å². The van der Waals surface area contributed by atoms with Gasteiger partial charge in [0, 0.05) is 22.7 Å². The first-order valence-electron chi connectivity index (χ1n) is 5.43. The lowest BCUT2D eigenvalue weighted by Gasteiger charge is -2.22. The Morgan fingerprint density at radius 2 is 2.47 bits per heavy atom. The number of nitrogens with one attached hydrogen (secondary N) is 1. The van der Waals surface area contributed by atoms with Crippen LogP contribution in [0.25, 0.3) is 0 Å². The highest BCUT2D eigenvalue weighted by Gasteiger charge is 2.28. The summed E-state index contributed by atoms with van der Waals surface area (Å²) in [5, 5.41) is 3.56. The molecule has 0 saturated carbocycles. The Balaban J connectivity index is 1.77. The molecule has 0 amide bonds. The van der Waals surface area contributed by atoms with Crippen LogP contribution in [0.5, 0.6) is 0 Å². The number of nitrogens with zero attached hydrogens (tertiary/aromatic N) is 1. The summed E-state index contributed by atoms with van der Waals surface area (Å²) in [5.74, 6) is 1.33. The maximum atomic E-state index is 4.26. The predicted octanol–water partition coefficient (Wildman–Crippen LogP) is 2.83. The van der Waals surface area contributed by atoms with Crippen LogP contribution in [-0.4, -0.2) is 22.0 Å². The first-order chi connectivity index (χ1) is 7.20. The van der Waals surface area contributed by atoms with E-state index in [1.807, 2.05) is 5.51 Å². The van der Waals surface area contributed by atoms with Crippen molar-refractivity contribution in [2.75, 3.05) is 12.3 Å². The molecule has 1 aliphatic heterocycles. The third kappa shape index (κ3) is 2.95. The zero-order chi connectivity index (χ0) is 10.7. The summed E-state index contributed by atoms with van der Waals surface area (Å²) < 4.78 is 0.471. The molecule has 0 aromatic carbocycles. The van der Waals surface area contributed by atoms with Gasteiger partial charge in [-0.25, -0.2) is 4.98 Å². The van der Waals surface area contributed by atoms with Crippen molar-refractivity contribution in [3.8, 4) is 0 Å². The van der Waals surface area contributed by atoms with Crippen LogP contribution in [-0.2, 0) is 6.54 Å². The Bertz CT molecular complexity index is 316. The number of aryl methyl sites for hydroxylation is 1. The molecule has 1 aromatic rings. The molecular formula is C11H18N2S2. The third-order valence-corrected chi connectivity index (χ3v) is 5.40. The molecule has 2 nitrogen and oxygen atoms in total. The smallest absolute Gasteiger partial charge is 0.0798 e. The Labute approximate surface area is 99.9 Å². The van der Waals surface area contributed by atoms with Gasteiger partial charge in [-0.15, -0.1) is 11.3 Å². The molecule has 2 rings (SSSR count). The molecule has 1 aromatic heterocycles. The molecule has 0 aliphatic carbocycles. The fraction of sp³-hybridized carbons (Fsp3) is 0.727. The molecule has 15 heavy (non-hydrogen) atoms. The number of rotatable bonds is 4. The van der Waals surface area contributed by atoms with Crippen LogP contribution in [0.3, 0.4) is 0 Å². The van der Waals surface area contributed by atoms with Gasteiger partial charge in [-0.2, -0.15) is 11.8 Å². The Kier molecular flexibility index (Phi) is 3.69. The summed E-state index contributed by atoms with van der Waals surface area (Å²) >= 11 is 3.86. The second-order valence-corrected chi connectivity index (χ2v) is 6.99. The van der Waals surface area contributed by atoms with E-state index in [1.165, 1.54) is 29.2 Å². The van der Waals surface area contributed by atoms with E-state index in [2.05, 4.69) is 35.9 Å². The summed E-state index contributed by atoms with van der Waals surface area (Å²) in [5.41, 5.74) is 3.11. The van der Waals surface area contributed by atoms with Crippen molar-refractivity contribution in [1.82, 2.24) is 10.3 Å². The summed E-state index contributed by atoms with van der Waals surface area (Å²) in [6.07, 6.45) is 2.73. The van der Waals surface area contributed by atoms with Gasteiger partial charge in [0.2, 0.25) is 0 Å². The van der Waals surface area contributed by atoms with Crippen molar-refractivity contribution >= 4 is 23.1 Å². The first kappa shape index (κ1) is 11.4. The topological polar surface area (TPSA) is 24.9 Å². The lowest BCUT2D eigenvalue weighted by atomic mass is 10.1. The molecule has 1 unspecified atom stereocenters. The molecule has 2 heterocycles. The van der Waals surface area contributed by atoms with Crippen LogP contribution in [0.15, 0.2) is 5.51 Å². The number of hydrogen-bond donors (Lipinski definition) is 1. The predicted molar refractivity (Wildman–Crippen MR) is 68.7 cm³/mol. The monoisotopic (exact) mass is 242 g/mol. The molecule has 1 saturated heterocycles. The van der Waals surface area contributed by atoms with Crippen LogP contribution in [0.4, 0.5) is 0 Å². The van der Waals surface area contributed by atoms with E-state index in [0.717, 1.165) is 13.1 Å². The second kappa shape index (κ2) is 4.85. The summed E-state index contributed by atoms with van der Waals surface area (Å²) in [6.45, 7) is 6.55. The van der Waals surface area contributed by atoms with Gasteiger partial charge >= 0.3 is 0 Å². The molecule has 1 N–H and O–H groups in total. The highest BCUT2D eigenvalue weighted by Crippen LogP contribution is 2.37. The van der Waals surface area contributed by atoms with Gasteiger partial charge < -0.3 is 5.32 Å². The Morgan fingerprint density at radius 3 is 3.07 bits per heavy atom. The van der Waals surface area contributed by atoms with E-state index < -0.39 is 0 Å². The zero-order valence-corrected chi connectivity index (χ0v) is 11.0. The minimum atomic E-state index is 0.471. The van der Waals surface area contributed by atoms with Crippen LogP contribution in [0, 0.1) is 6.92 Å². The van der Waals surface area contributed by atoms with E-state index in [9.17, 15) is 0 Å². The van der Waals surface area contributed by atoms with Gasteiger partial charge in [0.05, 0.1) is 11.2 Å². The summed E-state index contributed by atoms with van der Waals surface area (Å²) in [6, 6.07) is 0. The van der Waals surface area contributed by atoms with E-state index >= 15 is 0 Å². The lowest BCUT2D eigenvalue weighted by Crippen LogP contribution is -2.32. The average Bonchev–Trinajstić information content (AvgIpc) is 2.78. The minimum absolute atomic E-state index is 0.471. The maximum absolute atomic E-state index is 4.26. The van der Waals surface area contributed by atoms with Gasteiger partial charge in [-0.1, -0.05) is 0 Å². The van der Waals surface area contributed by atoms with Crippen LogP contribution >= 0.6 is 23.1 Å². The van der Waals surface area contributed by atoms with E-state index in [1.54, 1.807) is 11.3 Å². The highest BCUT2D eigenvalue weighted by molar-refractivity contribution is 8.00. The molecular weight excluding hydrogens is 224 g/mol. The van der Waals surface area contributed by atoms with Crippen molar-refractivity contribution in [3.63, 3.8) is 0 Å². The molecule has 4 heteroatoms. The third-order valence-electron chi connectivity index (χ3n) is 2.93. The zero-order valence-electron chi connectivity index (χ0n) is 9.38. The molecule has 1 atom stereocenters. The number of hydrogen-bond acceptors (Lipinski definition) is 4. The normalized spacial score (nSPS) is 26.0. The van der Waals surface area contributed by atoms with Gasteiger partial charge in [0.1, 0.15) is 0 Å². The fourth-order valence-corrected chi connectivity index (χ4v) is 3.93. The SMILES string of the molecule is Cc1ncsc1CNCC1(C)CCCS1. The van der Waals surface area contributed by atoms with Crippen LogP contribution in [0.2, 0.25) is 0 Å². The molecule has 0 radical (unpaired) electrons. The largest absolute Gasteiger partial charge is 0.310 e. The number of thiazole rings is 1. The number of thioether (sulfide) groups is 1. The summed E-state index contributed by atoms with van der Waals surface area (Å²) in [4.78, 5) is 5.63. The standard InChI is InChI=1S/C11H18N2S2/c1-9-10(14-8-13-9)6-12-7-11(2)4-3-5-15-11/h8,12H,3-7H2,1-2H3. The van der Waals surface area contributed by atoms with E-state index in [0.29, 0.717) is 4.75 Å². The average molecular weight is 242 g/mol. The molecule has 1 fully saturated rings. The van der Waals surface area contributed by atoms with Crippen molar-refractivity contribution in [2.24, 2.45) is 0 Å². The first-order valence-corrected chi connectivity index (χ1v) is 7.30. The van der Waals surface area contributed by atoms with Crippen LogP contribution < -0.4 is 5.32 Å². The minimum Gasteiger partial charge on any atom is -0.310 e. The van der Waals surface area contributed by atoms with E-state index in [-0.39, 0.29) is 0 Å². The van der Waals surface area contributed by atoms with Gasteiger partial charge in [-0.05, 0) is 32.4 Å². The highest BCUT2D eigenvalue weighted by atomic mass is 32.2. The van der Waals surface area contributed by atoms with Crippen LogP contribution in [0.1, 0.15) is 30.3 Å². The Hall–Kier alpha value is -0.0600. The van der Waals surface area contributed by atoms with Crippen molar-refractivity contribution < 1.29 is 0 Å². The Morgan fingerprint density at radius 1 is 1.60 bits per heavy atom. The van der Waals surface area contributed by atoms with Gasteiger partial charge in [0.15, 0.2) is 0 Å². The van der Waals surface area contributed by atoms with Gasteiger partial charge in [0.25, 0.3) is 0 Å². The second-order valence-electron chi connectivity index (χ2n) is 4.37. The molecule has 0 bridgehead atoms. The fourth-order valence-electron chi connectivity index (χ4n) is 1.91. The summed E-state index contributed by atoms with van der Waals surface area (Å²) in [7, 11) is 0. The lowest BCUT2D eigenvalue weighted by molar-refractivity contribution is 0.538.